The van der Waals surface area contributed by atoms with Crippen LogP contribution >= 0.6 is 0 Å². The van der Waals surface area contributed by atoms with Crippen LogP contribution < -0.4 is 0 Å². The minimum atomic E-state index is -1.05. The number of hydrogen-bond donors (Lipinski definition) is 1. The summed E-state index contributed by atoms with van der Waals surface area (Å²) in [6.45, 7) is 3.32. The van der Waals surface area contributed by atoms with Crippen LogP contribution in [0.3, 0.4) is 0 Å². The van der Waals surface area contributed by atoms with Gasteiger partial charge in [-0.1, -0.05) is 6.92 Å². The average molecular weight is 278 g/mol. The zero-order chi connectivity index (χ0) is 14.7. The van der Waals surface area contributed by atoms with Gasteiger partial charge in [0.05, 0.1) is 11.7 Å². The largest absolute Gasteiger partial charge is 0.478 e. The first-order valence-corrected chi connectivity index (χ1v) is 6.54. The molecule has 0 aromatic carbocycles. The molecule has 1 saturated heterocycles. The summed E-state index contributed by atoms with van der Waals surface area (Å²) in [4.78, 5) is 28.7. The number of nitrogens with zero attached hydrogens (tertiary/aromatic N) is 2. The number of carbonyl (C=O) groups excluding carboxylic acids is 1. The van der Waals surface area contributed by atoms with E-state index in [1.165, 1.54) is 18.3 Å². The molecule has 0 bridgehead atoms. The van der Waals surface area contributed by atoms with E-state index in [-0.39, 0.29) is 23.3 Å². The molecular formula is C14H18N2O4. The summed E-state index contributed by atoms with van der Waals surface area (Å²) >= 11 is 0. The molecular weight excluding hydrogens is 260 g/mol. The van der Waals surface area contributed by atoms with Crippen molar-refractivity contribution in [1.82, 2.24) is 9.88 Å². The van der Waals surface area contributed by atoms with Crippen LogP contribution in [-0.4, -0.2) is 53.2 Å². The fraction of sp³-hybridized carbons (Fsp3) is 0.500. The zero-order valence-corrected chi connectivity index (χ0v) is 11.6. The van der Waals surface area contributed by atoms with Crippen molar-refractivity contribution in [3.8, 4) is 0 Å². The van der Waals surface area contributed by atoms with Crippen LogP contribution in [0.1, 0.15) is 34.2 Å². The molecule has 1 N–H and O–H groups in total. The molecule has 2 rings (SSSR count). The molecule has 0 saturated carbocycles. The van der Waals surface area contributed by atoms with Crippen LogP contribution in [0.25, 0.3) is 0 Å². The minimum Gasteiger partial charge on any atom is -0.478 e. The van der Waals surface area contributed by atoms with Gasteiger partial charge in [-0.15, -0.1) is 0 Å². The van der Waals surface area contributed by atoms with E-state index in [9.17, 15) is 9.59 Å². The predicted molar refractivity (Wildman–Crippen MR) is 71.7 cm³/mol. The van der Waals surface area contributed by atoms with E-state index in [0.29, 0.717) is 19.0 Å². The Bertz CT molecular complexity index is 500. The second-order valence-electron chi connectivity index (χ2n) is 5.03. The first-order valence-electron chi connectivity index (χ1n) is 6.54. The van der Waals surface area contributed by atoms with Gasteiger partial charge in [0, 0.05) is 26.4 Å². The number of ether oxygens (including phenoxy) is 1. The average Bonchev–Trinajstić information content (AvgIpc) is 2.47. The number of carboxylic acids is 1. The van der Waals surface area contributed by atoms with E-state index in [4.69, 9.17) is 9.84 Å². The minimum absolute atomic E-state index is 0.0333. The standard InChI is InChI=1S/C14H18N2O4/c1-9-5-6-16(8-12(9)20-2)13(17)11-4-3-10(7-15-11)14(18)19/h3-4,7,9,12H,5-6,8H2,1-2H3,(H,18,19). The summed E-state index contributed by atoms with van der Waals surface area (Å²) < 4.78 is 5.38. The summed E-state index contributed by atoms with van der Waals surface area (Å²) in [5, 5.41) is 8.81. The lowest BCUT2D eigenvalue weighted by molar-refractivity contribution is -0.00177. The van der Waals surface area contributed by atoms with E-state index >= 15 is 0 Å². The zero-order valence-electron chi connectivity index (χ0n) is 11.6. The Balaban J connectivity index is 2.09. The van der Waals surface area contributed by atoms with E-state index in [0.717, 1.165) is 6.42 Å². The van der Waals surface area contributed by atoms with E-state index in [2.05, 4.69) is 11.9 Å². The van der Waals surface area contributed by atoms with Gasteiger partial charge in [-0.3, -0.25) is 9.78 Å². The third-order valence-electron chi connectivity index (χ3n) is 3.71. The van der Waals surface area contributed by atoms with Gasteiger partial charge in [-0.25, -0.2) is 4.79 Å². The molecule has 1 aromatic rings. The van der Waals surface area contributed by atoms with Crippen LogP contribution in [0.2, 0.25) is 0 Å². The van der Waals surface area contributed by atoms with Crippen LogP contribution in [0.5, 0.6) is 0 Å². The maximum atomic E-state index is 12.3. The van der Waals surface area contributed by atoms with Crippen LogP contribution in [0.15, 0.2) is 18.3 Å². The molecule has 2 atom stereocenters. The second kappa shape index (κ2) is 6.00. The summed E-state index contributed by atoms with van der Waals surface area (Å²) in [5.74, 6) is -0.815. The Labute approximate surface area is 117 Å². The SMILES string of the molecule is COC1CN(C(=O)c2ccc(C(=O)O)cn2)CCC1C. The van der Waals surface area contributed by atoms with Gasteiger partial charge >= 0.3 is 5.97 Å². The molecule has 1 fully saturated rings. The number of carbonyl (C=O) groups is 2. The fourth-order valence-electron chi connectivity index (χ4n) is 2.33. The Kier molecular flexibility index (Phi) is 4.34. The second-order valence-corrected chi connectivity index (χ2v) is 5.03. The number of hydrogen-bond acceptors (Lipinski definition) is 4. The van der Waals surface area contributed by atoms with E-state index in [1.807, 2.05) is 0 Å². The summed E-state index contributed by atoms with van der Waals surface area (Å²) in [7, 11) is 1.65. The lowest BCUT2D eigenvalue weighted by atomic mass is 9.95. The Morgan fingerprint density at radius 3 is 2.75 bits per heavy atom. The predicted octanol–water partition coefficient (Wildman–Crippen LogP) is 1.28. The molecule has 0 radical (unpaired) electrons. The van der Waals surface area contributed by atoms with Gasteiger partial charge in [0.1, 0.15) is 5.69 Å². The number of amides is 1. The smallest absolute Gasteiger partial charge is 0.337 e. The highest BCUT2D eigenvalue weighted by Gasteiger charge is 2.29. The number of rotatable bonds is 3. The van der Waals surface area contributed by atoms with Gasteiger partial charge in [0.15, 0.2) is 0 Å². The summed E-state index contributed by atoms with van der Waals surface area (Å²) in [6.07, 6.45) is 2.12. The molecule has 2 heterocycles. The number of pyridine rings is 1. The lowest BCUT2D eigenvalue weighted by Gasteiger charge is -2.36. The molecule has 1 aliphatic rings. The molecule has 1 aromatic heterocycles. The van der Waals surface area contributed by atoms with Crippen molar-refractivity contribution in [3.05, 3.63) is 29.6 Å². The Morgan fingerprint density at radius 2 is 2.20 bits per heavy atom. The van der Waals surface area contributed by atoms with Crippen molar-refractivity contribution in [2.24, 2.45) is 5.92 Å². The van der Waals surface area contributed by atoms with Crippen LogP contribution in [0.4, 0.5) is 0 Å². The molecule has 20 heavy (non-hydrogen) atoms. The Morgan fingerprint density at radius 1 is 1.45 bits per heavy atom. The maximum absolute atomic E-state index is 12.3. The lowest BCUT2D eigenvalue weighted by Crippen LogP contribution is -2.46. The van der Waals surface area contributed by atoms with Crippen LogP contribution in [0, 0.1) is 5.92 Å². The van der Waals surface area contributed by atoms with Gasteiger partial charge in [-0.05, 0) is 24.5 Å². The fourth-order valence-corrected chi connectivity index (χ4v) is 2.33. The van der Waals surface area contributed by atoms with Crippen molar-refractivity contribution in [2.75, 3.05) is 20.2 Å². The van der Waals surface area contributed by atoms with Crippen LogP contribution in [-0.2, 0) is 4.74 Å². The quantitative estimate of drug-likeness (QED) is 0.900. The molecule has 6 heteroatoms. The van der Waals surface area contributed by atoms with Crippen molar-refractivity contribution in [3.63, 3.8) is 0 Å². The number of carboxylic acid groups (broad SMARTS) is 1. The normalized spacial score (nSPS) is 22.6. The first-order chi connectivity index (χ1) is 9.52. The number of piperidine rings is 1. The van der Waals surface area contributed by atoms with Gasteiger partial charge in [0.25, 0.3) is 5.91 Å². The highest BCUT2D eigenvalue weighted by molar-refractivity contribution is 5.93. The molecule has 2 unspecified atom stereocenters. The third-order valence-corrected chi connectivity index (χ3v) is 3.71. The van der Waals surface area contributed by atoms with Crippen molar-refractivity contribution < 1.29 is 19.4 Å². The summed E-state index contributed by atoms with van der Waals surface area (Å²) in [6, 6.07) is 2.84. The molecule has 6 nitrogen and oxygen atoms in total. The highest BCUT2D eigenvalue weighted by atomic mass is 16.5. The van der Waals surface area contributed by atoms with Gasteiger partial charge in [-0.2, -0.15) is 0 Å². The number of aromatic carboxylic acids is 1. The topological polar surface area (TPSA) is 79.7 Å². The molecule has 0 aliphatic carbocycles. The first kappa shape index (κ1) is 14.5. The monoisotopic (exact) mass is 278 g/mol. The highest BCUT2D eigenvalue weighted by Crippen LogP contribution is 2.20. The number of methoxy groups -OCH3 is 1. The van der Waals surface area contributed by atoms with E-state index in [1.54, 1.807) is 12.0 Å². The number of aromatic nitrogens is 1. The maximum Gasteiger partial charge on any atom is 0.337 e. The third kappa shape index (κ3) is 2.96. The Hall–Kier alpha value is -1.95. The van der Waals surface area contributed by atoms with Crippen molar-refractivity contribution in [1.29, 1.82) is 0 Å². The van der Waals surface area contributed by atoms with Gasteiger partial charge < -0.3 is 14.7 Å². The van der Waals surface area contributed by atoms with E-state index < -0.39 is 5.97 Å². The molecule has 1 aliphatic heterocycles. The summed E-state index contributed by atoms with van der Waals surface area (Å²) in [5.41, 5.74) is 0.336. The van der Waals surface area contributed by atoms with Gasteiger partial charge in [0.2, 0.25) is 0 Å². The molecule has 1 amide bonds. The molecule has 108 valence electrons. The van der Waals surface area contributed by atoms with Crippen molar-refractivity contribution >= 4 is 11.9 Å². The molecule has 0 spiro atoms. The van der Waals surface area contributed by atoms with Crippen molar-refractivity contribution in [2.45, 2.75) is 19.4 Å². The number of likely N-dealkylation sites (tertiary alicyclic amines) is 1.